The van der Waals surface area contributed by atoms with Gasteiger partial charge in [-0.3, -0.25) is 24.6 Å². The fourth-order valence-electron chi connectivity index (χ4n) is 3.77. The Hall–Kier alpha value is -3.46. The number of nitrogens with zero attached hydrogens (tertiary/aromatic N) is 2. The van der Waals surface area contributed by atoms with Gasteiger partial charge < -0.3 is 15.2 Å². The lowest BCUT2D eigenvalue weighted by atomic mass is 9.73. The quantitative estimate of drug-likeness (QED) is 0.528. The Morgan fingerprint density at radius 1 is 1.20 bits per heavy atom. The zero-order valence-corrected chi connectivity index (χ0v) is 16.5. The molecule has 9 heteroatoms. The number of rotatable bonds is 7. The molecule has 1 saturated heterocycles. The third-order valence-corrected chi connectivity index (χ3v) is 5.48. The van der Waals surface area contributed by atoms with Gasteiger partial charge in [0.2, 0.25) is 5.91 Å². The fourth-order valence-corrected chi connectivity index (χ4v) is 3.77. The maximum atomic E-state index is 12.5. The molecule has 2 N–H and O–H groups in total. The van der Waals surface area contributed by atoms with E-state index in [2.05, 4.69) is 5.32 Å². The van der Waals surface area contributed by atoms with Crippen molar-refractivity contribution in [3.8, 4) is 5.75 Å². The van der Waals surface area contributed by atoms with E-state index in [-0.39, 0.29) is 23.9 Å². The van der Waals surface area contributed by atoms with Gasteiger partial charge in [0.15, 0.2) is 0 Å². The number of likely N-dealkylation sites (tertiary alicyclic amines) is 1. The second-order valence-corrected chi connectivity index (χ2v) is 7.22. The summed E-state index contributed by atoms with van der Waals surface area (Å²) in [4.78, 5) is 36.8. The van der Waals surface area contributed by atoms with E-state index in [1.807, 2.05) is 35.2 Å². The number of benzene rings is 2. The first-order valence-corrected chi connectivity index (χ1v) is 9.49. The van der Waals surface area contributed by atoms with Gasteiger partial charge >= 0.3 is 5.97 Å². The van der Waals surface area contributed by atoms with Gasteiger partial charge in [-0.05, 0) is 24.5 Å². The van der Waals surface area contributed by atoms with E-state index < -0.39 is 16.3 Å². The van der Waals surface area contributed by atoms with Crippen LogP contribution in [0, 0.1) is 10.1 Å². The van der Waals surface area contributed by atoms with Gasteiger partial charge in [-0.25, -0.2) is 0 Å². The number of carbonyl (C=O) groups excluding carboxylic acids is 1. The molecule has 0 radical (unpaired) electrons. The van der Waals surface area contributed by atoms with Crippen LogP contribution in [0.15, 0.2) is 48.5 Å². The number of non-ortho nitro benzene ring substituents is 1. The highest BCUT2D eigenvalue weighted by atomic mass is 16.6. The molecule has 0 bridgehead atoms. The predicted molar refractivity (Wildman–Crippen MR) is 110 cm³/mol. The summed E-state index contributed by atoms with van der Waals surface area (Å²) in [5, 5.41) is 23.5. The van der Waals surface area contributed by atoms with Crippen LogP contribution < -0.4 is 10.1 Å². The number of nitrogens with one attached hydrogen (secondary N) is 1. The van der Waals surface area contributed by atoms with Gasteiger partial charge in [0, 0.05) is 19.2 Å². The van der Waals surface area contributed by atoms with E-state index in [1.165, 1.54) is 25.3 Å². The second-order valence-electron chi connectivity index (χ2n) is 7.22. The van der Waals surface area contributed by atoms with Crippen LogP contribution >= 0.6 is 0 Å². The summed E-state index contributed by atoms with van der Waals surface area (Å²) < 4.78 is 5.13. The molecule has 0 aliphatic carbocycles. The smallest absolute Gasteiger partial charge is 0.314 e. The minimum atomic E-state index is -0.949. The molecule has 3 rings (SSSR count). The first kappa shape index (κ1) is 21.3. The average Bonchev–Trinajstić information content (AvgIpc) is 2.75. The number of ether oxygens (including phenoxy) is 1. The van der Waals surface area contributed by atoms with Crippen molar-refractivity contribution in [3.63, 3.8) is 0 Å². The van der Waals surface area contributed by atoms with E-state index in [0.717, 1.165) is 5.56 Å². The molecule has 0 atom stereocenters. The van der Waals surface area contributed by atoms with Gasteiger partial charge in [0.25, 0.3) is 5.69 Å². The molecule has 0 spiro atoms. The lowest BCUT2D eigenvalue weighted by molar-refractivity contribution is -0.384. The topological polar surface area (TPSA) is 122 Å². The predicted octanol–water partition coefficient (Wildman–Crippen LogP) is 2.66. The lowest BCUT2D eigenvalue weighted by Crippen LogP contribution is -2.49. The van der Waals surface area contributed by atoms with Gasteiger partial charge in [-0.15, -0.1) is 0 Å². The van der Waals surface area contributed by atoms with Crippen molar-refractivity contribution >= 4 is 23.3 Å². The summed E-state index contributed by atoms with van der Waals surface area (Å²) in [5.74, 6) is -0.955. The number of nitro groups is 1. The van der Waals surface area contributed by atoms with E-state index in [0.29, 0.717) is 31.6 Å². The number of hydrogen-bond donors (Lipinski definition) is 2. The number of piperidine rings is 1. The maximum Gasteiger partial charge on any atom is 0.314 e. The number of hydrogen-bond acceptors (Lipinski definition) is 6. The van der Waals surface area contributed by atoms with Gasteiger partial charge in [-0.1, -0.05) is 30.3 Å². The molecule has 2 aromatic carbocycles. The Kier molecular flexibility index (Phi) is 6.31. The van der Waals surface area contributed by atoms with Crippen molar-refractivity contribution < 1.29 is 24.4 Å². The summed E-state index contributed by atoms with van der Waals surface area (Å²) in [6.07, 6.45) is 0.807. The third kappa shape index (κ3) is 4.41. The zero-order valence-electron chi connectivity index (χ0n) is 16.5. The number of carboxylic acids is 1. The number of nitro benzene ring substituents is 1. The average molecular weight is 413 g/mol. The largest absolute Gasteiger partial charge is 0.494 e. The van der Waals surface area contributed by atoms with Crippen molar-refractivity contribution in [1.82, 2.24) is 4.90 Å². The van der Waals surface area contributed by atoms with Crippen LogP contribution in [0.5, 0.6) is 5.75 Å². The summed E-state index contributed by atoms with van der Waals surface area (Å²) in [5.41, 5.74) is 0.0359. The molecule has 1 amide bonds. The second kappa shape index (κ2) is 8.91. The highest BCUT2D eigenvalue weighted by molar-refractivity contribution is 5.94. The summed E-state index contributed by atoms with van der Waals surface area (Å²) >= 11 is 0. The standard InChI is InChI=1S/C21H23N3O6/c1-30-18-13-16(24(28)29)7-8-17(18)22-19(25)14-23-11-9-21(10-12-23,20(26)27)15-5-3-2-4-6-15/h2-8,13H,9-12,14H2,1H3,(H,22,25)(H,26,27). The molecule has 1 aliphatic rings. The van der Waals surface area contributed by atoms with Crippen LogP contribution in [0.25, 0.3) is 0 Å². The Morgan fingerprint density at radius 2 is 1.87 bits per heavy atom. The van der Waals surface area contributed by atoms with Gasteiger partial charge in [0.05, 0.1) is 35.7 Å². The molecule has 1 fully saturated rings. The van der Waals surface area contributed by atoms with Crippen molar-refractivity contribution in [1.29, 1.82) is 0 Å². The molecule has 1 aliphatic heterocycles. The minimum Gasteiger partial charge on any atom is -0.494 e. The molecule has 2 aromatic rings. The SMILES string of the molecule is COc1cc([N+](=O)[O-])ccc1NC(=O)CN1CCC(C(=O)O)(c2ccccc2)CC1. The molecular formula is C21H23N3O6. The Labute approximate surface area is 173 Å². The first-order valence-electron chi connectivity index (χ1n) is 9.49. The Bertz CT molecular complexity index is 939. The van der Waals surface area contributed by atoms with Crippen LogP contribution in [-0.2, 0) is 15.0 Å². The third-order valence-electron chi connectivity index (χ3n) is 5.48. The van der Waals surface area contributed by atoms with Crippen LogP contribution in [0.1, 0.15) is 18.4 Å². The van der Waals surface area contributed by atoms with Crippen LogP contribution in [0.4, 0.5) is 11.4 Å². The van der Waals surface area contributed by atoms with E-state index >= 15 is 0 Å². The van der Waals surface area contributed by atoms with Gasteiger partial charge in [0.1, 0.15) is 5.75 Å². The van der Waals surface area contributed by atoms with E-state index in [9.17, 15) is 24.8 Å². The minimum absolute atomic E-state index is 0.0879. The summed E-state index contributed by atoms with van der Waals surface area (Å²) in [6.45, 7) is 1.02. The lowest BCUT2D eigenvalue weighted by Gasteiger charge is -2.39. The number of methoxy groups -OCH3 is 1. The van der Waals surface area contributed by atoms with Crippen molar-refractivity contribution in [3.05, 3.63) is 64.2 Å². The number of carbonyl (C=O) groups is 2. The number of carboxylic acid groups (broad SMARTS) is 1. The molecule has 0 saturated carbocycles. The zero-order chi connectivity index (χ0) is 21.7. The number of aliphatic carboxylic acids is 1. The summed E-state index contributed by atoms with van der Waals surface area (Å²) in [7, 11) is 1.37. The fraction of sp³-hybridized carbons (Fsp3) is 0.333. The maximum absolute atomic E-state index is 12.5. The van der Waals surface area contributed by atoms with E-state index in [1.54, 1.807) is 0 Å². The highest BCUT2D eigenvalue weighted by Crippen LogP contribution is 2.36. The Balaban J connectivity index is 1.63. The summed E-state index contributed by atoms with van der Waals surface area (Å²) in [6, 6.07) is 13.1. The van der Waals surface area contributed by atoms with Crippen molar-refractivity contribution in [2.75, 3.05) is 32.1 Å². The first-order chi connectivity index (χ1) is 14.4. The van der Waals surface area contributed by atoms with Crippen molar-refractivity contribution in [2.24, 2.45) is 0 Å². The van der Waals surface area contributed by atoms with Crippen LogP contribution in [-0.4, -0.2) is 53.6 Å². The normalized spacial score (nSPS) is 15.9. The molecule has 1 heterocycles. The molecule has 30 heavy (non-hydrogen) atoms. The van der Waals surface area contributed by atoms with Crippen LogP contribution in [0.2, 0.25) is 0 Å². The number of anilines is 1. The van der Waals surface area contributed by atoms with Crippen LogP contribution in [0.3, 0.4) is 0 Å². The van der Waals surface area contributed by atoms with Gasteiger partial charge in [-0.2, -0.15) is 0 Å². The highest BCUT2D eigenvalue weighted by Gasteiger charge is 2.43. The Morgan fingerprint density at radius 3 is 2.43 bits per heavy atom. The van der Waals surface area contributed by atoms with E-state index in [4.69, 9.17) is 4.74 Å². The molecule has 158 valence electrons. The monoisotopic (exact) mass is 413 g/mol. The van der Waals surface area contributed by atoms with Crippen molar-refractivity contribution in [2.45, 2.75) is 18.3 Å². The molecule has 9 nitrogen and oxygen atoms in total. The molecule has 0 unspecified atom stereocenters. The molecular weight excluding hydrogens is 390 g/mol. The number of amides is 1. The molecule has 0 aromatic heterocycles.